The van der Waals surface area contributed by atoms with Crippen LogP contribution >= 0.6 is 0 Å². The summed E-state index contributed by atoms with van der Waals surface area (Å²) in [6.45, 7) is 1.80. The van der Waals surface area contributed by atoms with Gasteiger partial charge in [-0.3, -0.25) is 14.0 Å². The van der Waals surface area contributed by atoms with Gasteiger partial charge in [0.15, 0.2) is 0 Å². The van der Waals surface area contributed by atoms with Crippen molar-refractivity contribution in [3.8, 4) is 0 Å². The molecule has 0 aliphatic carbocycles. The van der Waals surface area contributed by atoms with E-state index in [0.717, 1.165) is 5.56 Å². The first-order valence-electron chi connectivity index (χ1n) is 7.66. The predicted molar refractivity (Wildman–Crippen MR) is 91.3 cm³/mol. The number of likely N-dealkylation sites (N-methyl/N-ethyl adjacent to an activating group) is 1. The minimum absolute atomic E-state index is 0.00436. The molecule has 8 nitrogen and oxygen atoms in total. The van der Waals surface area contributed by atoms with E-state index in [1.165, 1.54) is 10.5 Å². The zero-order chi connectivity index (χ0) is 17.8. The predicted octanol–water partition coefficient (Wildman–Crippen LogP) is 0.973. The molecule has 0 aliphatic heterocycles. The quantitative estimate of drug-likeness (QED) is 0.640. The molecule has 0 aromatic carbocycles. The van der Waals surface area contributed by atoms with E-state index >= 15 is 0 Å². The van der Waals surface area contributed by atoms with Crippen LogP contribution < -0.4 is 10.5 Å². The van der Waals surface area contributed by atoms with E-state index in [4.69, 9.17) is 4.74 Å². The number of hydrogen-bond acceptors (Lipinski definition) is 7. The maximum atomic E-state index is 12.1. The highest BCUT2D eigenvalue weighted by Gasteiger charge is 2.12. The van der Waals surface area contributed by atoms with E-state index < -0.39 is 5.97 Å². The molecule has 0 bridgehead atoms. The lowest BCUT2D eigenvalue weighted by molar-refractivity contribution is -0.143. The Kier molecular flexibility index (Phi) is 4.69. The van der Waals surface area contributed by atoms with Gasteiger partial charge >= 0.3 is 5.97 Å². The fourth-order valence-corrected chi connectivity index (χ4v) is 2.34. The number of carbonyl (C=O) groups excluding carboxylic acids is 1. The molecular formula is C17H17N5O3. The number of nitrogens with zero attached hydrogens (tertiary/aromatic N) is 5. The van der Waals surface area contributed by atoms with Gasteiger partial charge in [-0.25, -0.2) is 15.0 Å². The van der Waals surface area contributed by atoms with Gasteiger partial charge in [0, 0.05) is 31.7 Å². The molecule has 0 spiro atoms. The van der Waals surface area contributed by atoms with Gasteiger partial charge in [0.25, 0.3) is 5.56 Å². The molecule has 0 atom stereocenters. The molecule has 3 aromatic heterocycles. The highest BCUT2D eigenvalue weighted by molar-refractivity contribution is 5.74. The van der Waals surface area contributed by atoms with Crippen LogP contribution in [0.3, 0.4) is 0 Å². The zero-order valence-electron chi connectivity index (χ0n) is 13.9. The van der Waals surface area contributed by atoms with Crippen LogP contribution in [-0.4, -0.2) is 38.9 Å². The smallest absolute Gasteiger partial charge is 0.326 e. The third-order valence-corrected chi connectivity index (χ3v) is 3.58. The summed E-state index contributed by atoms with van der Waals surface area (Å²) in [7, 11) is 1.70. The molecule has 8 heteroatoms. The van der Waals surface area contributed by atoms with E-state index in [1.807, 2.05) is 13.0 Å². The summed E-state index contributed by atoms with van der Waals surface area (Å²) in [6, 6.07) is 6.71. The van der Waals surface area contributed by atoms with Crippen molar-refractivity contribution in [3.05, 3.63) is 64.5 Å². The minimum atomic E-state index is -0.457. The van der Waals surface area contributed by atoms with Gasteiger partial charge in [-0.05, 0) is 24.6 Å². The molecule has 0 amide bonds. The number of aryl methyl sites for hydroxylation is 1. The Morgan fingerprint density at radius 3 is 2.80 bits per heavy atom. The molecule has 0 saturated carbocycles. The van der Waals surface area contributed by atoms with Crippen LogP contribution in [0.25, 0.3) is 5.65 Å². The third-order valence-electron chi connectivity index (χ3n) is 3.58. The van der Waals surface area contributed by atoms with Gasteiger partial charge in [-0.2, -0.15) is 0 Å². The average molecular weight is 339 g/mol. The number of hydrogen-bond donors (Lipinski definition) is 0. The first kappa shape index (κ1) is 16.6. The Bertz CT molecular complexity index is 955. The van der Waals surface area contributed by atoms with Crippen molar-refractivity contribution in [2.45, 2.75) is 13.5 Å². The Morgan fingerprint density at radius 1 is 1.28 bits per heavy atom. The standard InChI is InChI=1S/C17H17N5O3/c1-12-5-3-8-22-14(23)9-13(20-16(12)22)11-25-15(24)10-21(2)17-18-6-4-7-19-17/h3-9H,10-11H2,1-2H3. The molecule has 0 radical (unpaired) electrons. The fraction of sp³-hybridized carbons (Fsp3) is 0.235. The van der Waals surface area contributed by atoms with Crippen LogP contribution in [0, 0.1) is 6.92 Å². The number of anilines is 1. The molecule has 3 aromatic rings. The summed E-state index contributed by atoms with van der Waals surface area (Å²) in [5.74, 6) is -0.0288. The molecule has 128 valence electrons. The van der Waals surface area contributed by atoms with Gasteiger partial charge in [-0.15, -0.1) is 0 Å². The molecule has 25 heavy (non-hydrogen) atoms. The summed E-state index contributed by atoms with van der Waals surface area (Å²) in [4.78, 5) is 38.2. The van der Waals surface area contributed by atoms with Crippen molar-refractivity contribution in [1.82, 2.24) is 19.4 Å². The fourth-order valence-electron chi connectivity index (χ4n) is 2.34. The second kappa shape index (κ2) is 7.08. The van der Waals surface area contributed by atoms with E-state index in [0.29, 0.717) is 17.3 Å². The van der Waals surface area contributed by atoms with Gasteiger partial charge in [-0.1, -0.05) is 6.07 Å². The van der Waals surface area contributed by atoms with E-state index in [1.54, 1.807) is 42.7 Å². The van der Waals surface area contributed by atoms with Crippen molar-refractivity contribution in [1.29, 1.82) is 0 Å². The molecule has 0 fully saturated rings. The van der Waals surface area contributed by atoms with Gasteiger partial charge in [0.1, 0.15) is 18.8 Å². The van der Waals surface area contributed by atoms with Crippen LogP contribution in [0.4, 0.5) is 5.95 Å². The number of pyridine rings is 1. The van der Waals surface area contributed by atoms with E-state index in [-0.39, 0.29) is 18.7 Å². The number of esters is 1. The summed E-state index contributed by atoms with van der Waals surface area (Å²) < 4.78 is 6.68. The lowest BCUT2D eigenvalue weighted by atomic mass is 10.3. The Balaban J connectivity index is 1.67. The number of rotatable bonds is 5. The second-order valence-electron chi connectivity index (χ2n) is 5.54. The summed E-state index contributed by atoms with van der Waals surface area (Å²) in [6.07, 6.45) is 4.85. The highest BCUT2D eigenvalue weighted by atomic mass is 16.5. The van der Waals surface area contributed by atoms with Crippen LogP contribution in [-0.2, 0) is 16.1 Å². The summed E-state index contributed by atoms with van der Waals surface area (Å²) >= 11 is 0. The molecule has 3 rings (SSSR count). The number of ether oxygens (including phenoxy) is 1. The third kappa shape index (κ3) is 3.79. The first-order chi connectivity index (χ1) is 12.0. The van der Waals surface area contributed by atoms with E-state index in [9.17, 15) is 9.59 Å². The molecule has 3 heterocycles. The average Bonchev–Trinajstić information content (AvgIpc) is 2.61. The minimum Gasteiger partial charge on any atom is -0.458 e. The maximum Gasteiger partial charge on any atom is 0.326 e. The first-order valence-corrected chi connectivity index (χ1v) is 7.66. The van der Waals surface area contributed by atoms with Crippen molar-refractivity contribution in [3.63, 3.8) is 0 Å². The van der Waals surface area contributed by atoms with Crippen LogP contribution in [0.1, 0.15) is 11.3 Å². The van der Waals surface area contributed by atoms with Crippen LogP contribution in [0.2, 0.25) is 0 Å². The van der Waals surface area contributed by atoms with Crippen LogP contribution in [0.5, 0.6) is 0 Å². The van der Waals surface area contributed by atoms with Crippen molar-refractivity contribution >= 4 is 17.6 Å². The lowest BCUT2D eigenvalue weighted by Crippen LogP contribution is -2.28. The normalized spacial score (nSPS) is 10.6. The van der Waals surface area contributed by atoms with Crippen molar-refractivity contribution in [2.24, 2.45) is 0 Å². The molecule has 0 N–H and O–H groups in total. The monoisotopic (exact) mass is 339 g/mol. The Hall–Kier alpha value is -3.29. The van der Waals surface area contributed by atoms with Crippen molar-refractivity contribution in [2.75, 3.05) is 18.5 Å². The summed E-state index contributed by atoms with van der Waals surface area (Å²) in [5, 5.41) is 0. The van der Waals surface area contributed by atoms with Crippen molar-refractivity contribution < 1.29 is 9.53 Å². The largest absolute Gasteiger partial charge is 0.458 e. The van der Waals surface area contributed by atoms with Gasteiger partial charge in [0.2, 0.25) is 5.95 Å². The molecule has 0 unspecified atom stereocenters. The Morgan fingerprint density at radius 2 is 2.04 bits per heavy atom. The van der Waals surface area contributed by atoms with Gasteiger partial charge < -0.3 is 9.64 Å². The number of aromatic nitrogens is 4. The second-order valence-corrected chi connectivity index (χ2v) is 5.54. The van der Waals surface area contributed by atoms with Gasteiger partial charge in [0.05, 0.1) is 5.69 Å². The SMILES string of the molecule is Cc1cccn2c(=O)cc(COC(=O)CN(C)c3ncccn3)nc12. The molecule has 0 aliphatic rings. The number of fused-ring (bicyclic) bond motifs is 1. The maximum absolute atomic E-state index is 12.1. The molecular weight excluding hydrogens is 322 g/mol. The van der Waals surface area contributed by atoms with Crippen LogP contribution in [0.15, 0.2) is 47.7 Å². The summed E-state index contributed by atoms with van der Waals surface area (Å²) in [5.41, 5.74) is 1.62. The Labute approximate surface area is 143 Å². The highest BCUT2D eigenvalue weighted by Crippen LogP contribution is 2.07. The molecule has 0 saturated heterocycles. The lowest BCUT2D eigenvalue weighted by Gasteiger charge is -2.15. The topological polar surface area (TPSA) is 89.7 Å². The number of carbonyl (C=O) groups is 1. The van der Waals surface area contributed by atoms with E-state index in [2.05, 4.69) is 15.0 Å². The zero-order valence-corrected chi connectivity index (χ0v) is 13.9.